The second-order valence-electron chi connectivity index (χ2n) is 14.0. The van der Waals surface area contributed by atoms with Crippen molar-refractivity contribution < 1.29 is 9.15 Å². The molecule has 1 aliphatic carbocycles. The smallest absolute Gasteiger partial charge is 0.167 e. The van der Waals surface area contributed by atoms with Gasteiger partial charge in [0.1, 0.15) is 11.3 Å². The van der Waals surface area contributed by atoms with E-state index in [-0.39, 0.29) is 12.0 Å². The summed E-state index contributed by atoms with van der Waals surface area (Å²) in [5.74, 6) is 1.93. The van der Waals surface area contributed by atoms with E-state index in [4.69, 9.17) is 9.15 Å². The van der Waals surface area contributed by atoms with E-state index in [2.05, 4.69) is 182 Å². The molecule has 0 N–H and O–H groups in total. The molecular weight excluding hydrogens is 633 g/mol. The molecule has 2 heterocycles. The first-order chi connectivity index (χ1) is 25.7. The van der Waals surface area contributed by atoms with Crippen molar-refractivity contribution in [3.63, 3.8) is 0 Å². The van der Waals surface area contributed by atoms with Gasteiger partial charge < -0.3 is 9.15 Å². The zero-order valence-corrected chi connectivity index (χ0v) is 28.3. The van der Waals surface area contributed by atoms with E-state index in [0.717, 1.165) is 28.0 Å². The van der Waals surface area contributed by atoms with Crippen LogP contribution in [0.5, 0.6) is 5.75 Å². The number of hydrogen-bond acceptors (Lipinski definition) is 2. The summed E-state index contributed by atoms with van der Waals surface area (Å²) in [6.45, 7) is 0. The highest BCUT2D eigenvalue weighted by atomic mass is 16.5. The van der Waals surface area contributed by atoms with Crippen LogP contribution in [0, 0.1) is 0 Å². The number of hydrogen-bond donors (Lipinski definition) is 0. The van der Waals surface area contributed by atoms with Gasteiger partial charge in [0.2, 0.25) is 0 Å². The molecule has 244 valence electrons. The summed E-state index contributed by atoms with van der Waals surface area (Å²) in [6.07, 6.45) is 4.35. The quantitative estimate of drug-likeness (QED) is 0.187. The predicted molar refractivity (Wildman–Crippen MR) is 215 cm³/mol. The van der Waals surface area contributed by atoms with Crippen LogP contribution in [0.4, 0.5) is 0 Å². The summed E-state index contributed by atoms with van der Waals surface area (Å²) in [5.41, 5.74) is 12.8. The summed E-state index contributed by atoms with van der Waals surface area (Å²) in [5, 5.41) is 6.15. The van der Waals surface area contributed by atoms with Gasteiger partial charge in [0.15, 0.2) is 11.9 Å². The van der Waals surface area contributed by atoms with E-state index in [1.165, 1.54) is 71.6 Å². The van der Waals surface area contributed by atoms with Gasteiger partial charge in [0.25, 0.3) is 0 Å². The summed E-state index contributed by atoms with van der Waals surface area (Å²) in [6, 6.07) is 61.2. The molecule has 52 heavy (non-hydrogen) atoms. The van der Waals surface area contributed by atoms with Crippen LogP contribution >= 0.6 is 0 Å². The lowest BCUT2D eigenvalue weighted by molar-refractivity contribution is 0.193. The van der Waals surface area contributed by atoms with Crippen LogP contribution in [-0.2, 0) is 0 Å². The first-order valence-electron chi connectivity index (χ1n) is 18.0. The minimum absolute atomic E-state index is 0.0991. The Morgan fingerprint density at radius 3 is 1.48 bits per heavy atom. The molecule has 9 aromatic rings. The van der Waals surface area contributed by atoms with Crippen molar-refractivity contribution in [2.24, 2.45) is 0 Å². The third-order valence-electron chi connectivity index (χ3n) is 11.0. The fourth-order valence-corrected chi connectivity index (χ4v) is 8.24. The number of benzene rings is 8. The number of fused-ring (bicyclic) bond motifs is 9. The Hall–Kier alpha value is -6.64. The van der Waals surface area contributed by atoms with Crippen LogP contribution in [0.25, 0.3) is 83.1 Å². The second-order valence-corrected chi connectivity index (χ2v) is 14.0. The van der Waals surface area contributed by atoms with Crippen molar-refractivity contribution in [2.75, 3.05) is 0 Å². The lowest BCUT2D eigenvalue weighted by atomic mass is 9.86. The van der Waals surface area contributed by atoms with Gasteiger partial charge in [-0.15, -0.1) is 0 Å². The molecule has 2 heteroatoms. The van der Waals surface area contributed by atoms with E-state index >= 15 is 0 Å². The van der Waals surface area contributed by atoms with Crippen molar-refractivity contribution in [1.82, 2.24) is 0 Å². The Kier molecular flexibility index (Phi) is 6.41. The van der Waals surface area contributed by atoms with Crippen LogP contribution in [0.1, 0.15) is 28.9 Å². The molecule has 2 aliphatic rings. The Balaban J connectivity index is 0.864. The molecule has 2 unspecified atom stereocenters. The van der Waals surface area contributed by atoms with Crippen LogP contribution in [0.15, 0.2) is 180 Å². The van der Waals surface area contributed by atoms with Gasteiger partial charge in [-0.2, -0.15) is 0 Å². The third kappa shape index (κ3) is 4.72. The molecule has 8 aromatic carbocycles. The molecule has 0 bridgehead atoms. The van der Waals surface area contributed by atoms with E-state index in [9.17, 15) is 0 Å². The van der Waals surface area contributed by atoms with Crippen molar-refractivity contribution >= 4 is 38.6 Å². The third-order valence-corrected chi connectivity index (χ3v) is 11.0. The highest BCUT2D eigenvalue weighted by Crippen LogP contribution is 2.53. The Morgan fingerprint density at radius 2 is 0.885 bits per heavy atom. The first kappa shape index (κ1) is 29.1. The van der Waals surface area contributed by atoms with Crippen molar-refractivity contribution in [2.45, 2.75) is 12.0 Å². The maximum absolute atomic E-state index is 6.62. The van der Waals surface area contributed by atoms with Gasteiger partial charge in [-0.25, -0.2) is 0 Å². The highest BCUT2D eigenvalue weighted by molar-refractivity contribution is 5.94. The molecule has 0 fully saturated rings. The molecule has 0 saturated heterocycles. The SMILES string of the molecule is C1=CC2c3cc(-c4ccc(-c5ccc6ccccc6c5)cc4)ccc3OC2c2oc3ccc(-c4ccc(-c5ccc6ccccc6c5)cc4)cc3c21. The zero-order chi connectivity index (χ0) is 34.2. The van der Waals surface area contributed by atoms with Crippen molar-refractivity contribution in [1.29, 1.82) is 0 Å². The maximum atomic E-state index is 6.62. The lowest BCUT2D eigenvalue weighted by Crippen LogP contribution is -2.11. The normalized spacial score (nSPS) is 15.8. The van der Waals surface area contributed by atoms with E-state index in [1.807, 2.05) is 0 Å². The zero-order valence-electron chi connectivity index (χ0n) is 28.3. The van der Waals surface area contributed by atoms with Gasteiger partial charge in [0, 0.05) is 16.5 Å². The molecule has 0 saturated carbocycles. The summed E-state index contributed by atoms with van der Waals surface area (Å²) in [4.78, 5) is 0. The monoisotopic (exact) mass is 664 g/mol. The molecule has 2 nitrogen and oxygen atoms in total. The Labute approximate surface area is 301 Å². The molecule has 0 radical (unpaired) electrons. The minimum Gasteiger partial charge on any atom is -0.481 e. The summed E-state index contributed by atoms with van der Waals surface area (Å²) >= 11 is 0. The molecule has 11 rings (SSSR count). The van der Waals surface area contributed by atoms with Gasteiger partial charge >= 0.3 is 0 Å². The molecule has 1 aromatic heterocycles. The summed E-state index contributed by atoms with van der Waals surface area (Å²) < 4.78 is 13.2. The summed E-state index contributed by atoms with van der Waals surface area (Å²) in [7, 11) is 0. The topological polar surface area (TPSA) is 22.4 Å². The minimum atomic E-state index is -0.183. The lowest BCUT2D eigenvalue weighted by Gasteiger charge is -2.18. The van der Waals surface area contributed by atoms with Crippen LogP contribution in [-0.4, -0.2) is 0 Å². The fourth-order valence-electron chi connectivity index (χ4n) is 8.24. The van der Waals surface area contributed by atoms with Gasteiger partial charge in [0.05, 0.1) is 5.92 Å². The standard InChI is InChI=1S/C50H32O2/c1-3-7-37-27-39(19-17-31(37)5-1)33-9-13-35(14-10-33)41-21-25-47-45(29-41)43-23-24-44-46-30-42(22-26-48(46)52-50(44)49(43)51-47)36-15-11-34(12-16-36)40-20-18-32-6-2-4-8-38(32)28-40/h1-30,43,49H. The van der Waals surface area contributed by atoms with Gasteiger partial charge in [-0.05, 0) is 102 Å². The van der Waals surface area contributed by atoms with E-state index in [0.29, 0.717) is 0 Å². The highest BCUT2D eigenvalue weighted by Gasteiger charge is 2.40. The second kappa shape index (κ2) is 11.4. The van der Waals surface area contributed by atoms with Crippen LogP contribution in [0.3, 0.4) is 0 Å². The number of rotatable bonds is 4. The first-order valence-corrected chi connectivity index (χ1v) is 18.0. The fraction of sp³-hybridized carbons (Fsp3) is 0.0400. The Bertz CT molecular complexity index is 2870. The van der Waals surface area contributed by atoms with E-state index < -0.39 is 0 Å². The molecule has 1 aliphatic heterocycles. The number of furan rings is 1. The average molecular weight is 665 g/mol. The average Bonchev–Trinajstić information content (AvgIpc) is 3.78. The predicted octanol–water partition coefficient (Wildman–Crippen LogP) is 13.7. The van der Waals surface area contributed by atoms with Gasteiger partial charge in [-0.1, -0.05) is 146 Å². The largest absolute Gasteiger partial charge is 0.481 e. The Morgan fingerprint density at radius 1 is 0.404 bits per heavy atom. The molecule has 0 spiro atoms. The maximum Gasteiger partial charge on any atom is 0.167 e. The van der Waals surface area contributed by atoms with Gasteiger partial charge in [-0.3, -0.25) is 0 Å². The van der Waals surface area contributed by atoms with Crippen molar-refractivity contribution in [3.05, 3.63) is 193 Å². The number of ether oxygens (including phenoxy) is 1. The van der Waals surface area contributed by atoms with E-state index in [1.54, 1.807) is 0 Å². The van der Waals surface area contributed by atoms with Crippen LogP contribution < -0.4 is 4.74 Å². The molecule has 2 atom stereocenters. The van der Waals surface area contributed by atoms with Crippen molar-refractivity contribution in [3.8, 4) is 50.3 Å². The molecule has 0 amide bonds. The van der Waals surface area contributed by atoms with Crippen LogP contribution in [0.2, 0.25) is 0 Å². The molecular formula is C50H32O2.